The molecular weight excluding hydrogens is 532 g/mol. The third-order valence-electron chi connectivity index (χ3n) is 8.54. The van der Waals surface area contributed by atoms with Gasteiger partial charge in [-0.25, -0.2) is 4.79 Å². The van der Waals surface area contributed by atoms with E-state index in [1.807, 2.05) is 62.4 Å². The highest BCUT2D eigenvalue weighted by molar-refractivity contribution is 5.87. The number of ether oxygens (including phenoxy) is 6. The van der Waals surface area contributed by atoms with Crippen molar-refractivity contribution < 1.29 is 33.2 Å². The highest BCUT2D eigenvalue weighted by Gasteiger charge is 2.72. The number of esters is 1. The number of rotatable bonds is 12. The molecule has 0 bridgehead atoms. The largest absolute Gasteiger partial charge is 0.457 e. The normalized spacial score (nSPS) is 30.0. The van der Waals surface area contributed by atoms with Crippen molar-refractivity contribution in [2.45, 2.75) is 96.1 Å². The van der Waals surface area contributed by atoms with E-state index >= 15 is 0 Å². The van der Waals surface area contributed by atoms with Crippen molar-refractivity contribution in [1.82, 2.24) is 0 Å². The van der Waals surface area contributed by atoms with E-state index in [9.17, 15) is 4.79 Å². The third-order valence-corrected chi connectivity index (χ3v) is 8.54. The number of epoxide rings is 2. The Labute approximate surface area is 249 Å². The van der Waals surface area contributed by atoms with Crippen LogP contribution in [-0.4, -0.2) is 55.3 Å². The number of methoxy groups -OCH3 is 1. The Balaban J connectivity index is 1.16. The van der Waals surface area contributed by atoms with Crippen molar-refractivity contribution in [3.8, 4) is 11.5 Å². The summed E-state index contributed by atoms with van der Waals surface area (Å²) in [6.45, 7) is 11.7. The number of allylic oxidation sites excluding steroid dienone is 1. The zero-order valence-electron chi connectivity index (χ0n) is 25.6. The molecule has 0 amide bonds. The van der Waals surface area contributed by atoms with Crippen LogP contribution in [-0.2, 0) is 35.1 Å². The number of benzene rings is 2. The van der Waals surface area contributed by atoms with Gasteiger partial charge in [-0.3, -0.25) is 0 Å². The maximum absolute atomic E-state index is 12.9. The van der Waals surface area contributed by atoms with Crippen molar-refractivity contribution in [2.24, 2.45) is 5.92 Å². The van der Waals surface area contributed by atoms with E-state index in [1.54, 1.807) is 13.2 Å². The van der Waals surface area contributed by atoms with Gasteiger partial charge >= 0.3 is 5.97 Å². The quantitative estimate of drug-likeness (QED) is 0.116. The molecule has 226 valence electrons. The number of carbonyl (C=O) groups excluding carboxylic acids is 1. The summed E-state index contributed by atoms with van der Waals surface area (Å²) in [6, 6.07) is 15.4. The summed E-state index contributed by atoms with van der Waals surface area (Å²) in [5, 5.41) is 0. The molecule has 3 fully saturated rings. The lowest BCUT2D eigenvalue weighted by Crippen LogP contribution is -2.55. The highest BCUT2D eigenvalue weighted by Crippen LogP contribution is 2.59. The van der Waals surface area contributed by atoms with Crippen LogP contribution in [0.5, 0.6) is 11.5 Å². The van der Waals surface area contributed by atoms with E-state index in [2.05, 4.69) is 26.8 Å². The molecule has 2 aromatic rings. The Bertz CT molecular complexity index is 1270. The molecule has 0 N–H and O–H groups in total. The van der Waals surface area contributed by atoms with Gasteiger partial charge < -0.3 is 28.4 Å². The Morgan fingerprint density at radius 3 is 2.33 bits per heavy atom. The van der Waals surface area contributed by atoms with Crippen molar-refractivity contribution in [2.75, 3.05) is 13.7 Å². The second-order valence-electron chi connectivity index (χ2n) is 12.4. The van der Waals surface area contributed by atoms with Gasteiger partial charge in [0.1, 0.15) is 34.9 Å². The molecule has 2 unspecified atom stereocenters. The second kappa shape index (κ2) is 12.7. The average molecular weight is 577 g/mol. The first kappa shape index (κ1) is 30.5. The van der Waals surface area contributed by atoms with Crippen LogP contribution in [0.2, 0.25) is 0 Å². The maximum Gasteiger partial charge on any atom is 0.331 e. The van der Waals surface area contributed by atoms with Crippen molar-refractivity contribution >= 4 is 12.0 Å². The van der Waals surface area contributed by atoms with E-state index in [1.165, 1.54) is 11.6 Å². The van der Waals surface area contributed by atoms with Crippen LogP contribution < -0.4 is 4.74 Å². The first-order valence-corrected chi connectivity index (χ1v) is 15.0. The molecule has 1 saturated carbocycles. The lowest BCUT2D eigenvalue weighted by Gasteiger charge is -2.42. The molecular formula is C35H44O7. The second-order valence-corrected chi connectivity index (χ2v) is 12.4. The van der Waals surface area contributed by atoms with Gasteiger partial charge in [-0.1, -0.05) is 35.9 Å². The molecule has 0 aromatic heterocycles. The molecule has 7 heteroatoms. The van der Waals surface area contributed by atoms with Gasteiger partial charge in [0, 0.05) is 13.2 Å². The molecule has 42 heavy (non-hydrogen) atoms. The van der Waals surface area contributed by atoms with Gasteiger partial charge in [0.15, 0.2) is 0 Å². The zero-order chi connectivity index (χ0) is 29.9. The molecule has 3 aliphatic rings. The Morgan fingerprint density at radius 1 is 1.07 bits per heavy atom. The average Bonchev–Trinajstić information content (AvgIpc) is 3.88. The smallest absolute Gasteiger partial charge is 0.331 e. The maximum atomic E-state index is 12.9. The number of hydrogen-bond donors (Lipinski definition) is 0. The Kier molecular flexibility index (Phi) is 9.23. The van der Waals surface area contributed by atoms with E-state index in [4.69, 9.17) is 28.4 Å². The van der Waals surface area contributed by atoms with E-state index in [0.717, 1.165) is 29.7 Å². The summed E-state index contributed by atoms with van der Waals surface area (Å²) in [5.74, 6) is 1.07. The zero-order valence-corrected chi connectivity index (χ0v) is 25.6. The Morgan fingerprint density at radius 2 is 1.74 bits per heavy atom. The molecule has 1 aliphatic carbocycles. The molecule has 0 radical (unpaired) electrons. The fraction of sp³-hybridized carbons (Fsp3) is 0.514. The van der Waals surface area contributed by atoms with E-state index in [-0.39, 0.29) is 41.5 Å². The molecule has 2 aliphatic heterocycles. The Hall–Kier alpha value is -2.97. The summed E-state index contributed by atoms with van der Waals surface area (Å²) < 4.78 is 35.8. The fourth-order valence-corrected chi connectivity index (χ4v) is 6.12. The topological polar surface area (TPSA) is 79.1 Å². The predicted molar refractivity (Wildman–Crippen MR) is 161 cm³/mol. The molecule has 5 rings (SSSR count). The molecule has 1 spiro atoms. The fourth-order valence-electron chi connectivity index (χ4n) is 6.12. The first-order valence-electron chi connectivity index (χ1n) is 15.0. The van der Waals surface area contributed by atoms with Gasteiger partial charge in [-0.2, -0.15) is 0 Å². The van der Waals surface area contributed by atoms with E-state index in [0.29, 0.717) is 25.4 Å². The predicted octanol–water partition coefficient (Wildman–Crippen LogP) is 7.04. The standard InChI is InChI=1S/C35H44O7/c1-23(2)7-17-30-34(5,42-30)33-32(37-6)29(19-20-35(33)22-39-35)41-31(36)18-12-25-8-13-27(14-9-25)40-28-15-10-26(11-16-28)21-38-24(3)4/h7-16,18,24,29-30,32-33H,17,19-22H2,1-6H3/b18-12+/t29-,30?,32-,33?,34-,35+/m1/s1. The van der Waals surface area contributed by atoms with Crippen LogP contribution in [0.25, 0.3) is 6.08 Å². The molecule has 2 aromatic carbocycles. The molecule has 6 atom stereocenters. The summed E-state index contributed by atoms with van der Waals surface area (Å²) in [4.78, 5) is 12.9. The van der Waals surface area contributed by atoms with Crippen molar-refractivity contribution in [3.05, 3.63) is 77.4 Å². The van der Waals surface area contributed by atoms with Crippen LogP contribution in [0.3, 0.4) is 0 Å². The van der Waals surface area contributed by atoms with Crippen LogP contribution in [0.15, 0.2) is 66.3 Å². The van der Waals surface area contributed by atoms with E-state index < -0.39 is 5.97 Å². The molecule has 2 saturated heterocycles. The van der Waals surface area contributed by atoms with Crippen molar-refractivity contribution in [3.63, 3.8) is 0 Å². The molecule has 7 nitrogen and oxygen atoms in total. The minimum absolute atomic E-state index is 0.00166. The van der Waals surface area contributed by atoms with Gasteiger partial charge in [0.25, 0.3) is 0 Å². The van der Waals surface area contributed by atoms with Crippen LogP contribution >= 0.6 is 0 Å². The van der Waals surface area contributed by atoms with Crippen LogP contribution in [0.1, 0.15) is 65.0 Å². The van der Waals surface area contributed by atoms with Crippen LogP contribution in [0.4, 0.5) is 0 Å². The minimum Gasteiger partial charge on any atom is -0.457 e. The van der Waals surface area contributed by atoms with Gasteiger partial charge in [-0.15, -0.1) is 0 Å². The van der Waals surface area contributed by atoms with Gasteiger partial charge in [0.2, 0.25) is 0 Å². The first-order chi connectivity index (χ1) is 20.1. The highest BCUT2D eigenvalue weighted by atomic mass is 16.6. The van der Waals surface area contributed by atoms with Gasteiger partial charge in [-0.05, 0) is 95.3 Å². The summed E-state index contributed by atoms with van der Waals surface area (Å²) in [7, 11) is 1.69. The number of hydrogen-bond acceptors (Lipinski definition) is 7. The van der Waals surface area contributed by atoms with Gasteiger partial charge in [0.05, 0.1) is 31.3 Å². The summed E-state index contributed by atoms with van der Waals surface area (Å²) >= 11 is 0. The van der Waals surface area contributed by atoms with Crippen molar-refractivity contribution in [1.29, 1.82) is 0 Å². The third kappa shape index (κ3) is 7.14. The number of carbonyl (C=O) groups is 1. The summed E-state index contributed by atoms with van der Waals surface area (Å²) in [5.41, 5.74) is 2.63. The molecule has 2 heterocycles. The monoisotopic (exact) mass is 576 g/mol. The van der Waals surface area contributed by atoms with Crippen LogP contribution in [0, 0.1) is 5.92 Å². The lowest BCUT2D eigenvalue weighted by atomic mass is 9.68. The summed E-state index contributed by atoms with van der Waals surface area (Å²) in [6.07, 6.45) is 7.46. The minimum atomic E-state index is -0.390. The SMILES string of the molecule is CO[C@H]1C([C@]2(C)OC2CC=C(C)C)[C@]2(CC[C@H]1OC(=O)/C=C/c1ccc(Oc3ccc(COC(C)C)cc3)cc1)CO2. The lowest BCUT2D eigenvalue weighted by molar-refractivity contribution is -0.166.